The maximum Gasteiger partial charge on any atom is 0.0628 e. The second-order valence-electron chi connectivity index (χ2n) is 3.65. The quantitative estimate of drug-likeness (QED) is 0.614. The van der Waals surface area contributed by atoms with Gasteiger partial charge in [0, 0.05) is 12.2 Å². The van der Waals surface area contributed by atoms with E-state index in [9.17, 15) is 0 Å². The number of rotatable bonds is 3. The summed E-state index contributed by atoms with van der Waals surface area (Å²) in [6.07, 6.45) is 2.34. The van der Waals surface area contributed by atoms with E-state index in [0.717, 1.165) is 36.8 Å². The van der Waals surface area contributed by atoms with Crippen LogP contribution in [0.3, 0.4) is 0 Å². The summed E-state index contributed by atoms with van der Waals surface area (Å²) in [5.41, 5.74) is 7.66. The van der Waals surface area contributed by atoms with Crippen LogP contribution in [-0.2, 0) is 13.0 Å². The van der Waals surface area contributed by atoms with E-state index in [0.29, 0.717) is 6.54 Å². The molecule has 0 aliphatic carbocycles. The Bertz CT molecular complexity index is 262. The van der Waals surface area contributed by atoms with Crippen molar-refractivity contribution in [2.24, 2.45) is 11.7 Å². The molecule has 0 spiro atoms. The Hall–Kier alpha value is -0.870. The maximum atomic E-state index is 5.49. The van der Waals surface area contributed by atoms with Crippen molar-refractivity contribution < 1.29 is 0 Å². The van der Waals surface area contributed by atoms with Gasteiger partial charge in [0.25, 0.3) is 0 Å². The summed E-state index contributed by atoms with van der Waals surface area (Å²) in [5, 5.41) is 10.5. The molecule has 2 heterocycles. The van der Waals surface area contributed by atoms with Crippen LogP contribution in [0.25, 0.3) is 0 Å². The van der Waals surface area contributed by atoms with Crippen LogP contribution in [0.2, 0.25) is 0 Å². The van der Waals surface area contributed by atoms with Gasteiger partial charge in [0.05, 0.1) is 5.69 Å². The van der Waals surface area contributed by atoms with Crippen LogP contribution >= 0.6 is 0 Å². The predicted molar refractivity (Wildman–Crippen MR) is 51.2 cm³/mol. The molecule has 0 radical (unpaired) electrons. The third kappa shape index (κ3) is 2.08. The van der Waals surface area contributed by atoms with Gasteiger partial charge in [0.1, 0.15) is 0 Å². The number of aromatic amines is 1. The highest BCUT2D eigenvalue weighted by molar-refractivity contribution is 5.09. The number of hydrogen-bond donors (Lipinski definition) is 3. The Morgan fingerprint density at radius 3 is 3.15 bits per heavy atom. The van der Waals surface area contributed by atoms with E-state index < -0.39 is 0 Å². The third-order valence-corrected chi connectivity index (χ3v) is 2.56. The Morgan fingerprint density at radius 1 is 1.62 bits per heavy atom. The number of H-pyrrole nitrogens is 1. The minimum atomic E-state index is 0.552. The highest BCUT2D eigenvalue weighted by atomic mass is 15.1. The van der Waals surface area contributed by atoms with Crippen molar-refractivity contribution in [3.8, 4) is 0 Å². The summed E-state index contributed by atoms with van der Waals surface area (Å²) in [7, 11) is 0. The lowest BCUT2D eigenvalue weighted by molar-refractivity contribution is 0.571. The molecule has 1 saturated heterocycles. The summed E-state index contributed by atoms with van der Waals surface area (Å²) in [4.78, 5) is 0. The van der Waals surface area contributed by atoms with E-state index >= 15 is 0 Å². The van der Waals surface area contributed by atoms with Gasteiger partial charge in [-0.3, -0.25) is 5.10 Å². The zero-order chi connectivity index (χ0) is 9.10. The van der Waals surface area contributed by atoms with Crippen molar-refractivity contribution in [2.45, 2.75) is 19.4 Å². The number of nitrogens with zero attached hydrogens (tertiary/aromatic N) is 1. The van der Waals surface area contributed by atoms with Gasteiger partial charge >= 0.3 is 0 Å². The molecule has 1 fully saturated rings. The molecule has 2 rings (SSSR count). The summed E-state index contributed by atoms with van der Waals surface area (Å²) >= 11 is 0. The highest BCUT2D eigenvalue weighted by Crippen LogP contribution is 2.13. The van der Waals surface area contributed by atoms with Crippen molar-refractivity contribution in [1.82, 2.24) is 15.5 Å². The predicted octanol–water partition coefficient (Wildman–Crippen LogP) is 0.0204. The molecule has 1 aliphatic heterocycles. The molecule has 1 atom stereocenters. The van der Waals surface area contributed by atoms with E-state index in [4.69, 9.17) is 5.73 Å². The summed E-state index contributed by atoms with van der Waals surface area (Å²) in [5.74, 6) is 0.758. The Morgan fingerprint density at radius 2 is 2.54 bits per heavy atom. The van der Waals surface area contributed by atoms with Crippen LogP contribution < -0.4 is 11.1 Å². The lowest BCUT2D eigenvalue weighted by Crippen LogP contribution is -2.10. The van der Waals surface area contributed by atoms with Gasteiger partial charge in [0.15, 0.2) is 0 Å². The van der Waals surface area contributed by atoms with Crippen molar-refractivity contribution in [3.63, 3.8) is 0 Å². The van der Waals surface area contributed by atoms with Crippen LogP contribution in [0.15, 0.2) is 6.07 Å². The van der Waals surface area contributed by atoms with Crippen LogP contribution in [-0.4, -0.2) is 23.3 Å². The summed E-state index contributed by atoms with van der Waals surface area (Å²) in [6.45, 7) is 2.83. The zero-order valence-corrected chi connectivity index (χ0v) is 7.71. The highest BCUT2D eigenvalue weighted by Gasteiger charge is 2.15. The molecular weight excluding hydrogens is 164 g/mol. The smallest absolute Gasteiger partial charge is 0.0628 e. The van der Waals surface area contributed by atoms with E-state index in [1.54, 1.807) is 0 Å². The molecule has 4 N–H and O–H groups in total. The van der Waals surface area contributed by atoms with Crippen LogP contribution in [0.4, 0.5) is 0 Å². The van der Waals surface area contributed by atoms with Gasteiger partial charge in [-0.25, -0.2) is 0 Å². The van der Waals surface area contributed by atoms with Gasteiger partial charge in [-0.15, -0.1) is 0 Å². The molecule has 1 aromatic heterocycles. The Labute approximate surface area is 77.9 Å². The molecule has 1 aromatic rings. The van der Waals surface area contributed by atoms with Crippen molar-refractivity contribution in [1.29, 1.82) is 0 Å². The van der Waals surface area contributed by atoms with Crippen molar-refractivity contribution >= 4 is 0 Å². The standard InChI is InChI=1S/C9H16N4/c10-5-9-4-8(12-13-9)3-7-1-2-11-6-7/h4,7,11H,1-3,5-6,10H2,(H,12,13). The van der Waals surface area contributed by atoms with E-state index in [-0.39, 0.29) is 0 Å². The lowest BCUT2D eigenvalue weighted by Gasteiger charge is -2.03. The first-order valence-corrected chi connectivity index (χ1v) is 4.82. The second-order valence-corrected chi connectivity index (χ2v) is 3.65. The van der Waals surface area contributed by atoms with Gasteiger partial charge in [-0.05, 0) is 37.9 Å². The van der Waals surface area contributed by atoms with Gasteiger partial charge < -0.3 is 11.1 Å². The first kappa shape index (κ1) is 8.72. The Kier molecular flexibility index (Phi) is 2.61. The van der Waals surface area contributed by atoms with E-state index in [2.05, 4.69) is 21.6 Å². The van der Waals surface area contributed by atoms with Crippen molar-refractivity contribution in [2.75, 3.05) is 13.1 Å². The van der Waals surface area contributed by atoms with E-state index in [1.165, 1.54) is 6.42 Å². The average molecular weight is 180 g/mol. The summed E-state index contributed by atoms with van der Waals surface area (Å²) in [6, 6.07) is 2.07. The molecule has 72 valence electrons. The molecule has 0 amide bonds. The third-order valence-electron chi connectivity index (χ3n) is 2.56. The first-order chi connectivity index (χ1) is 6.38. The molecule has 4 nitrogen and oxygen atoms in total. The molecule has 0 saturated carbocycles. The topological polar surface area (TPSA) is 66.7 Å². The molecule has 13 heavy (non-hydrogen) atoms. The number of nitrogens with one attached hydrogen (secondary N) is 2. The minimum absolute atomic E-state index is 0.552. The molecule has 4 heteroatoms. The van der Waals surface area contributed by atoms with Gasteiger partial charge in [0.2, 0.25) is 0 Å². The van der Waals surface area contributed by atoms with Gasteiger partial charge in [-0.1, -0.05) is 0 Å². The van der Waals surface area contributed by atoms with Gasteiger partial charge in [-0.2, -0.15) is 5.10 Å². The number of hydrogen-bond acceptors (Lipinski definition) is 3. The maximum absolute atomic E-state index is 5.49. The second kappa shape index (κ2) is 3.89. The normalized spacial score (nSPS) is 22.4. The van der Waals surface area contributed by atoms with E-state index in [1.807, 2.05) is 0 Å². The fourth-order valence-electron chi connectivity index (χ4n) is 1.80. The lowest BCUT2D eigenvalue weighted by atomic mass is 10.0. The fourth-order valence-corrected chi connectivity index (χ4v) is 1.80. The molecule has 0 aromatic carbocycles. The van der Waals surface area contributed by atoms with Crippen LogP contribution in [0, 0.1) is 5.92 Å². The van der Waals surface area contributed by atoms with Crippen LogP contribution in [0.5, 0.6) is 0 Å². The monoisotopic (exact) mass is 180 g/mol. The SMILES string of the molecule is NCc1cc(CC2CCNC2)n[nH]1. The molecular formula is C9H16N4. The number of aromatic nitrogens is 2. The van der Waals surface area contributed by atoms with Crippen molar-refractivity contribution in [3.05, 3.63) is 17.5 Å². The zero-order valence-electron chi connectivity index (χ0n) is 7.71. The average Bonchev–Trinajstić information content (AvgIpc) is 2.76. The van der Waals surface area contributed by atoms with Crippen LogP contribution in [0.1, 0.15) is 17.8 Å². The largest absolute Gasteiger partial charge is 0.325 e. The molecule has 1 unspecified atom stereocenters. The minimum Gasteiger partial charge on any atom is -0.325 e. The molecule has 0 bridgehead atoms. The molecule has 1 aliphatic rings. The Balaban J connectivity index is 1.92. The first-order valence-electron chi connectivity index (χ1n) is 4.82. The fraction of sp³-hybridized carbons (Fsp3) is 0.667. The number of nitrogens with two attached hydrogens (primary N) is 1. The summed E-state index contributed by atoms with van der Waals surface area (Å²) < 4.78 is 0.